The van der Waals surface area contributed by atoms with E-state index in [0.29, 0.717) is 10.0 Å². The number of ether oxygens (including phenoxy) is 1. The van der Waals surface area contributed by atoms with Crippen LogP contribution in [0, 0.1) is 12.3 Å². The third-order valence-corrected chi connectivity index (χ3v) is 2.38. The van der Waals surface area contributed by atoms with E-state index in [1.807, 2.05) is 0 Å². The molecule has 0 bridgehead atoms. The van der Waals surface area contributed by atoms with Gasteiger partial charge in [-0.2, -0.15) is 0 Å². The lowest BCUT2D eigenvalue weighted by molar-refractivity contribution is 0.00707. The van der Waals surface area contributed by atoms with Gasteiger partial charge in [0.1, 0.15) is 5.60 Å². The van der Waals surface area contributed by atoms with Crippen LogP contribution in [-0.2, 0) is 4.74 Å². The summed E-state index contributed by atoms with van der Waals surface area (Å²) < 4.78 is 5.95. The van der Waals surface area contributed by atoms with E-state index in [1.54, 1.807) is 32.9 Å². The Hall–Kier alpha value is -1.47. The SMILES string of the molecule is C#Cc1cc(Br)cc(C(=O)OC(C)(C)C)c1N. The lowest BCUT2D eigenvalue weighted by Crippen LogP contribution is -2.24. The van der Waals surface area contributed by atoms with E-state index in [4.69, 9.17) is 16.9 Å². The second-order valence-electron chi connectivity index (χ2n) is 4.56. The lowest BCUT2D eigenvalue weighted by Gasteiger charge is -2.20. The molecular weight excluding hydrogens is 282 g/mol. The smallest absolute Gasteiger partial charge is 0.340 e. The molecule has 0 atom stereocenters. The normalized spacial score (nSPS) is 10.8. The number of anilines is 1. The fourth-order valence-corrected chi connectivity index (χ4v) is 1.70. The molecule has 0 radical (unpaired) electrons. The molecule has 0 saturated heterocycles. The van der Waals surface area contributed by atoms with E-state index in [2.05, 4.69) is 21.9 Å². The Labute approximate surface area is 109 Å². The van der Waals surface area contributed by atoms with Crippen LogP contribution < -0.4 is 5.73 Å². The number of rotatable bonds is 1. The van der Waals surface area contributed by atoms with Crippen molar-refractivity contribution in [2.45, 2.75) is 26.4 Å². The van der Waals surface area contributed by atoms with Gasteiger partial charge in [-0.15, -0.1) is 6.42 Å². The third kappa shape index (κ3) is 3.50. The van der Waals surface area contributed by atoms with Gasteiger partial charge in [0.25, 0.3) is 0 Å². The topological polar surface area (TPSA) is 52.3 Å². The predicted molar refractivity (Wildman–Crippen MR) is 71.7 cm³/mol. The summed E-state index contributed by atoms with van der Waals surface area (Å²) in [4.78, 5) is 11.9. The van der Waals surface area contributed by atoms with Gasteiger partial charge in [-0.1, -0.05) is 21.9 Å². The number of esters is 1. The zero-order valence-corrected chi connectivity index (χ0v) is 11.6. The average molecular weight is 296 g/mol. The Bertz CT molecular complexity index is 495. The number of carbonyl (C=O) groups excluding carboxylic acids is 1. The van der Waals surface area contributed by atoms with Crippen molar-refractivity contribution >= 4 is 27.6 Å². The van der Waals surface area contributed by atoms with E-state index in [9.17, 15) is 4.79 Å². The van der Waals surface area contributed by atoms with Crippen molar-refractivity contribution in [3.05, 3.63) is 27.7 Å². The number of nitrogens with two attached hydrogens (primary N) is 1. The molecular formula is C13H14BrNO2. The van der Waals surface area contributed by atoms with Crippen molar-refractivity contribution < 1.29 is 9.53 Å². The molecule has 1 aromatic rings. The van der Waals surface area contributed by atoms with Crippen LogP contribution in [0.3, 0.4) is 0 Å². The monoisotopic (exact) mass is 295 g/mol. The van der Waals surface area contributed by atoms with Gasteiger partial charge in [0, 0.05) is 10.0 Å². The summed E-state index contributed by atoms with van der Waals surface area (Å²) in [5, 5.41) is 0. The van der Waals surface area contributed by atoms with Crippen molar-refractivity contribution in [1.82, 2.24) is 0 Å². The van der Waals surface area contributed by atoms with Crippen molar-refractivity contribution in [3.63, 3.8) is 0 Å². The summed E-state index contributed by atoms with van der Waals surface area (Å²) in [6, 6.07) is 3.29. The number of carbonyl (C=O) groups is 1. The standard InChI is InChI=1S/C13H14BrNO2/c1-5-8-6-9(14)7-10(11(8)15)12(16)17-13(2,3)4/h1,6-7H,15H2,2-4H3. The van der Waals surface area contributed by atoms with Gasteiger partial charge < -0.3 is 10.5 Å². The minimum absolute atomic E-state index is 0.268. The molecule has 0 spiro atoms. The van der Waals surface area contributed by atoms with E-state index >= 15 is 0 Å². The highest BCUT2D eigenvalue weighted by molar-refractivity contribution is 9.10. The van der Waals surface area contributed by atoms with Crippen molar-refractivity contribution in [3.8, 4) is 12.3 Å². The molecule has 3 nitrogen and oxygen atoms in total. The largest absolute Gasteiger partial charge is 0.456 e. The highest BCUT2D eigenvalue weighted by Gasteiger charge is 2.21. The Morgan fingerprint density at radius 3 is 2.53 bits per heavy atom. The van der Waals surface area contributed by atoms with Crippen LogP contribution >= 0.6 is 15.9 Å². The summed E-state index contributed by atoms with van der Waals surface area (Å²) in [6.45, 7) is 5.38. The minimum atomic E-state index is -0.567. The zero-order chi connectivity index (χ0) is 13.2. The molecule has 0 aliphatic carbocycles. The summed E-state index contributed by atoms with van der Waals surface area (Å²) in [7, 11) is 0. The van der Waals surface area contributed by atoms with Crippen molar-refractivity contribution in [1.29, 1.82) is 0 Å². The van der Waals surface area contributed by atoms with Crippen LogP contribution in [0.1, 0.15) is 36.7 Å². The molecule has 0 aliphatic heterocycles. The molecule has 0 amide bonds. The number of nitrogen functional groups attached to an aromatic ring is 1. The van der Waals surface area contributed by atoms with E-state index in [1.165, 1.54) is 0 Å². The molecule has 1 aromatic carbocycles. The highest BCUT2D eigenvalue weighted by Crippen LogP contribution is 2.25. The summed E-state index contributed by atoms with van der Waals surface area (Å²) in [5.74, 6) is 1.95. The van der Waals surface area contributed by atoms with E-state index in [0.717, 1.165) is 0 Å². The van der Waals surface area contributed by atoms with Gasteiger partial charge in [0.2, 0.25) is 0 Å². The molecule has 1 rings (SSSR count). The maximum absolute atomic E-state index is 11.9. The zero-order valence-electron chi connectivity index (χ0n) is 10.0. The van der Waals surface area contributed by atoms with E-state index < -0.39 is 11.6 Å². The summed E-state index contributed by atoms with van der Waals surface area (Å²) >= 11 is 3.28. The highest BCUT2D eigenvalue weighted by atomic mass is 79.9. The fraction of sp³-hybridized carbons (Fsp3) is 0.308. The number of hydrogen-bond acceptors (Lipinski definition) is 3. The van der Waals surface area contributed by atoms with Crippen LogP contribution in [0.15, 0.2) is 16.6 Å². The van der Waals surface area contributed by atoms with E-state index in [-0.39, 0.29) is 11.3 Å². The van der Waals surface area contributed by atoms with Gasteiger partial charge in [0.15, 0.2) is 0 Å². The van der Waals surface area contributed by atoms with Crippen LogP contribution in [0.25, 0.3) is 0 Å². The van der Waals surface area contributed by atoms with Crippen LogP contribution in [-0.4, -0.2) is 11.6 Å². The lowest BCUT2D eigenvalue weighted by atomic mass is 10.1. The van der Waals surface area contributed by atoms with Crippen molar-refractivity contribution in [2.75, 3.05) is 5.73 Å². The van der Waals surface area contributed by atoms with Crippen LogP contribution in [0.5, 0.6) is 0 Å². The van der Waals surface area contributed by atoms with Crippen LogP contribution in [0.2, 0.25) is 0 Å². The maximum atomic E-state index is 11.9. The van der Waals surface area contributed by atoms with Gasteiger partial charge in [-0.25, -0.2) is 4.79 Å². The maximum Gasteiger partial charge on any atom is 0.340 e. The van der Waals surface area contributed by atoms with Gasteiger partial charge in [-0.05, 0) is 32.9 Å². The molecule has 17 heavy (non-hydrogen) atoms. The second-order valence-corrected chi connectivity index (χ2v) is 5.48. The first-order chi connectivity index (χ1) is 7.74. The van der Waals surface area contributed by atoms with Crippen LogP contribution in [0.4, 0.5) is 5.69 Å². The predicted octanol–water partition coefficient (Wildman–Crippen LogP) is 2.97. The molecule has 0 unspecified atom stereocenters. The number of halogens is 1. The molecule has 0 heterocycles. The molecule has 90 valence electrons. The average Bonchev–Trinajstić information content (AvgIpc) is 2.18. The van der Waals surface area contributed by atoms with Gasteiger partial charge >= 0.3 is 5.97 Å². The Morgan fingerprint density at radius 1 is 1.47 bits per heavy atom. The first kappa shape index (κ1) is 13.6. The molecule has 4 heteroatoms. The second kappa shape index (κ2) is 4.80. The van der Waals surface area contributed by atoms with Crippen molar-refractivity contribution in [2.24, 2.45) is 0 Å². The summed E-state index contributed by atoms with van der Waals surface area (Å²) in [5.41, 5.74) is 6.27. The Kier molecular flexibility index (Phi) is 3.84. The molecule has 0 fully saturated rings. The molecule has 0 aromatic heterocycles. The number of terminal acetylenes is 1. The summed E-state index contributed by atoms with van der Waals surface area (Å²) in [6.07, 6.45) is 5.31. The first-order valence-electron chi connectivity index (χ1n) is 5.03. The quantitative estimate of drug-likeness (QED) is 0.492. The Morgan fingerprint density at radius 2 is 2.06 bits per heavy atom. The molecule has 0 saturated carbocycles. The van der Waals surface area contributed by atoms with Gasteiger partial charge in [-0.3, -0.25) is 0 Å². The van der Waals surface area contributed by atoms with Gasteiger partial charge in [0.05, 0.1) is 11.3 Å². The number of hydrogen-bond donors (Lipinski definition) is 1. The molecule has 0 aliphatic rings. The minimum Gasteiger partial charge on any atom is -0.456 e. The Balaban J connectivity index is 3.19. The third-order valence-electron chi connectivity index (χ3n) is 1.92. The first-order valence-corrected chi connectivity index (χ1v) is 5.83. The number of benzene rings is 1. The molecule has 2 N–H and O–H groups in total. The fourth-order valence-electron chi connectivity index (χ4n) is 1.24.